The van der Waals surface area contributed by atoms with Gasteiger partial charge in [-0.15, -0.1) is 0 Å². The van der Waals surface area contributed by atoms with E-state index in [0.29, 0.717) is 6.54 Å². The summed E-state index contributed by atoms with van der Waals surface area (Å²) >= 11 is 0. The summed E-state index contributed by atoms with van der Waals surface area (Å²) in [6.07, 6.45) is 7.27. The second kappa shape index (κ2) is 8.45. The molecule has 6 heteroatoms. The summed E-state index contributed by atoms with van der Waals surface area (Å²) in [5, 5.41) is 2.73. The van der Waals surface area contributed by atoms with Crippen LogP contribution in [0, 0.1) is 0 Å². The monoisotopic (exact) mass is 338 g/mol. The largest absolute Gasteiger partial charge is 0.355 e. The van der Waals surface area contributed by atoms with Crippen LogP contribution in [0.2, 0.25) is 0 Å². The first-order valence-corrected chi connectivity index (χ1v) is 9.89. The molecule has 0 saturated carbocycles. The predicted molar refractivity (Wildman–Crippen MR) is 90.8 cm³/mol. The SMILES string of the molecule is CCCCCNC(=O)CNS(=O)(=O)c1ccc2c(c1)CCCC2. The lowest BCUT2D eigenvalue weighted by Crippen LogP contribution is -2.37. The van der Waals surface area contributed by atoms with E-state index in [0.717, 1.165) is 50.5 Å². The normalized spacial score (nSPS) is 14.3. The molecule has 128 valence electrons. The van der Waals surface area contributed by atoms with Crippen LogP contribution in [0.25, 0.3) is 0 Å². The molecule has 1 aromatic rings. The van der Waals surface area contributed by atoms with Crippen molar-refractivity contribution in [2.75, 3.05) is 13.1 Å². The zero-order chi connectivity index (χ0) is 16.7. The first kappa shape index (κ1) is 17.9. The van der Waals surface area contributed by atoms with Crippen molar-refractivity contribution in [3.63, 3.8) is 0 Å². The van der Waals surface area contributed by atoms with E-state index in [9.17, 15) is 13.2 Å². The Morgan fingerprint density at radius 1 is 1.13 bits per heavy atom. The maximum Gasteiger partial charge on any atom is 0.241 e. The van der Waals surface area contributed by atoms with Crippen LogP contribution < -0.4 is 10.0 Å². The maximum absolute atomic E-state index is 12.3. The van der Waals surface area contributed by atoms with Crippen LogP contribution in [0.5, 0.6) is 0 Å². The van der Waals surface area contributed by atoms with E-state index in [-0.39, 0.29) is 17.3 Å². The molecule has 0 unspecified atom stereocenters. The minimum Gasteiger partial charge on any atom is -0.355 e. The van der Waals surface area contributed by atoms with Gasteiger partial charge in [0.1, 0.15) is 0 Å². The van der Waals surface area contributed by atoms with Crippen LogP contribution >= 0.6 is 0 Å². The molecule has 1 amide bonds. The van der Waals surface area contributed by atoms with E-state index in [1.54, 1.807) is 12.1 Å². The van der Waals surface area contributed by atoms with E-state index in [4.69, 9.17) is 0 Å². The van der Waals surface area contributed by atoms with Crippen molar-refractivity contribution in [3.8, 4) is 0 Å². The van der Waals surface area contributed by atoms with Gasteiger partial charge in [0, 0.05) is 6.54 Å². The lowest BCUT2D eigenvalue weighted by Gasteiger charge is -2.16. The maximum atomic E-state index is 12.3. The number of hydrogen-bond acceptors (Lipinski definition) is 3. The highest BCUT2D eigenvalue weighted by Gasteiger charge is 2.18. The molecule has 0 saturated heterocycles. The van der Waals surface area contributed by atoms with Crippen molar-refractivity contribution in [2.45, 2.75) is 56.8 Å². The molecule has 2 rings (SSSR count). The van der Waals surface area contributed by atoms with Crippen molar-refractivity contribution in [1.29, 1.82) is 0 Å². The molecule has 1 aromatic carbocycles. The van der Waals surface area contributed by atoms with Crippen molar-refractivity contribution >= 4 is 15.9 Å². The second-order valence-electron chi connectivity index (χ2n) is 6.02. The van der Waals surface area contributed by atoms with Crippen LogP contribution in [-0.4, -0.2) is 27.4 Å². The van der Waals surface area contributed by atoms with E-state index in [2.05, 4.69) is 17.0 Å². The summed E-state index contributed by atoms with van der Waals surface area (Å²) < 4.78 is 27.0. The highest BCUT2D eigenvalue weighted by atomic mass is 32.2. The minimum atomic E-state index is -3.63. The van der Waals surface area contributed by atoms with Crippen molar-refractivity contribution in [1.82, 2.24) is 10.0 Å². The fraction of sp³-hybridized carbons (Fsp3) is 0.588. The average Bonchev–Trinajstić information content (AvgIpc) is 2.56. The molecule has 0 aliphatic heterocycles. The lowest BCUT2D eigenvalue weighted by molar-refractivity contribution is -0.119. The molecule has 0 heterocycles. The van der Waals surface area contributed by atoms with Crippen LogP contribution in [0.15, 0.2) is 23.1 Å². The van der Waals surface area contributed by atoms with Gasteiger partial charge in [-0.25, -0.2) is 13.1 Å². The third-order valence-electron chi connectivity index (χ3n) is 4.16. The Kier molecular flexibility index (Phi) is 6.59. The molecular weight excluding hydrogens is 312 g/mol. The molecule has 0 aromatic heterocycles. The number of fused-ring (bicyclic) bond motifs is 1. The molecular formula is C17H26N2O3S. The van der Waals surface area contributed by atoms with Gasteiger partial charge in [-0.1, -0.05) is 25.8 Å². The molecule has 2 N–H and O–H groups in total. The molecule has 1 aliphatic carbocycles. The Balaban J connectivity index is 1.90. The summed E-state index contributed by atoms with van der Waals surface area (Å²) in [5.41, 5.74) is 2.35. The van der Waals surface area contributed by atoms with Gasteiger partial charge in [-0.2, -0.15) is 0 Å². The number of unbranched alkanes of at least 4 members (excludes halogenated alkanes) is 2. The number of rotatable bonds is 8. The highest BCUT2D eigenvalue weighted by Crippen LogP contribution is 2.23. The number of sulfonamides is 1. The Bertz CT molecular complexity index is 641. The van der Waals surface area contributed by atoms with Gasteiger partial charge in [0.15, 0.2) is 0 Å². The zero-order valence-corrected chi connectivity index (χ0v) is 14.5. The van der Waals surface area contributed by atoms with Crippen LogP contribution in [-0.2, 0) is 27.7 Å². The Morgan fingerprint density at radius 3 is 2.61 bits per heavy atom. The molecule has 1 aliphatic rings. The number of amides is 1. The van der Waals surface area contributed by atoms with Crippen molar-refractivity contribution < 1.29 is 13.2 Å². The summed E-state index contributed by atoms with van der Waals surface area (Å²) in [5.74, 6) is -0.289. The Labute approximate surface area is 138 Å². The molecule has 0 spiro atoms. The highest BCUT2D eigenvalue weighted by molar-refractivity contribution is 7.89. The van der Waals surface area contributed by atoms with Crippen molar-refractivity contribution in [2.24, 2.45) is 0 Å². The summed E-state index contributed by atoms with van der Waals surface area (Å²) in [6.45, 7) is 2.47. The molecule has 0 fully saturated rings. The molecule has 0 bridgehead atoms. The Hall–Kier alpha value is -1.40. The molecule has 5 nitrogen and oxygen atoms in total. The number of benzene rings is 1. The first-order valence-electron chi connectivity index (χ1n) is 8.41. The second-order valence-corrected chi connectivity index (χ2v) is 7.79. The van der Waals surface area contributed by atoms with Crippen LogP contribution in [0.4, 0.5) is 0 Å². The Morgan fingerprint density at radius 2 is 1.87 bits per heavy atom. The minimum absolute atomic E-state index is 0.217. The zero-order valence-electron chi connectivity index (χ0n) is 13.7. The van der Waals surface area contributed by atoms with E-state index in [1.165, 1.54) is 5.56 Å². The standard InChI is InChI=1S/C17H26N2O3S/c1-2-3-6-11-18-17(20)13-19-23(21,22)16-10-9-14-7-4-5-8-15(14)12-16/h9-10,12,19H,2-8,11,13H2,1H3,(H,18,20). The van der Waals surface area contributed by atoms with Gasteiger partial charge in [0.2, 0.25) is 15.9 Å². The smallest absolute Gasteiger partial charge is 0.241 e. The van der Waals surface area contributed by atoms with Crippen LogP contribution in [0.3, 0.4) is 0 Å². The van der Waals surface area contributed by atoms with Crippen molar-refractivity contribution in [3.05, 3.63) is 29.3 Å². The molecule has 23 heavy (non-hydrogen) atoms. The van der Waals surface area contributed by atoms with Gasteiger partial charge in [0.05, 0.1) is 11.4 Å². The van der Waals surface area contributed by atoms with Gasteiger partial charge in [0.25, 0.3) is 0 Å². The van der Waals surface area contributed by atoms with Gasteiger partial charge in [-0.05, 0) is 55.4 Å². The third-order valence-corrected chi connectivity index (χ3v) is 5.55. The first-order chi connectivity index (χ1) is 11.0. The topological polar surface area (TPSA) is 75.3 Å². The number of carbonyl (C=O) groups is 1. The van der Waals surface area contributed by atoms with E-state index in [1.807, 2.05) is 6.07 Å². The molecule has 0 atom stereocenters. The quantitative estimate of drug-likeness (QED) is 0.713. The number of carbonyl (C=O) groups excluding carboxylic acids is 1. The number of hydrogen-bond donors (Lipinski definition) is 2. The van der Waals surface area contributed by atoms with E-state index >= 15 is 0 Å². The molecule has 0 radical (unpaired) electrons. The lowest BCUT2D eigenvalue weighted by atomic mass is 9.92. The predicted octanol–water partition coefficient (Wildman–Crippen LogP) is 2.15. The van der Waals surface area contributed by atoms with Gasteiger partial charge < -0.3 is 5.32 Å². The number of aryl methyl sites for hydroxylation is 2. The van der Waals surface area contributed by atoms with Gasteiger partial charge in [-0.3, -0.25) is 4.79 Å². The third kappa shape index (κ3) is 5.32. The van der Waals surface area contributed by atoms with Crippen LogP contribution in [0.1, 0.15) is 50.2 Å². The van der Waals surface area contributed by atoms with Gasteiger partial charge >= 0.3 is 0 Å². The summed E-state index contributed by atoms with van der Waals surface area (Å²) in [6, 6.07) is 5.27. The fourth-order valence-electron chi connectivity index (χ4n) is 2.79. The summed E-state index contributed by atoms with van der Waals surface area (Å²) in [7, 11) is -3.63. The number of nitrogens with one attached hydrogen (secondary N) is 2. The van der Waals surface area contributed by atoms with E-state index < -0.39 is 10.0 Å². The summed E-state index contributed by atoms with van der Waals surface area (Å²) in [4.78, 5) is 11.9. The fourth-order valence-corrected chi connectivity index (χ4v) is 3.82. The average molecular weight is 338 g/mol.